The minimum atomic E-state index is 0.294. The standard InChI is InChI=1S/C12H17NO/c1-3-12(14)8-9(2)10-4-6-11(13)7-5-10/h4-7,9H,3,8,13H2,1-2H3. The summed E-state index contributed by atoms with van der Waals surface area (Å²) in [6.45, 7) is 3.97. The van der Waals surface area contributed by atoms with Gasteiger partial charge in [0.05, 0.1) is 0 Å². The lowest BCUT2D eigenvalue weighted by molar-refractivity contribution is -0.119. The van der Waals surface area contributed by atoms with Gasteiger partial charge in [-0.2, -0.15) is 0 Å². The summed E-state index contributed by atoms with van der Waals surface area (Å²) in [5.41, 5.74) is 7.54. The van der Waals surface area contributed by atoms with E-state index in [9.17, 15) is 4.79 Å². The molecular weight excluding hydrogens is 174 g/mol. The normalized spacial score (nSPS) is 12.4. The first-order valence-corrected chi connectivity index (χ1v) is 5.00. The molecule has 0 bridgehead atoms. The second-order valence-electron chi connectivity index (χ2n) is 3.66. The lowest BCUT2D eigenvalue weighted by atomic mass is 9.95. The van der Waals surface area contributed by atoms with E-state index in [-0.39, 0.29) is 0 Å². The Hall–Kier alpha value is -1.31. The SMILES string of the molecule is CCC(=O)CC(C)c1ccc(N)cc1. The number of benzene rings is 1. The topological polar surface area (TPSA) is 43.1 Å². The molecule has 0 aliphatic heterocycles. The molecule has 0 saturated carbocycles. The highest BCUT2D eigenvalue weighted by Gasteiger charge is 2.09. The molecule has 1 rings (SSSR count). The van der Waals surface area contributed by atoms with E-state index in [4.69, 9.17) is 5.73 Å². The van der Waals surface area contributed by atoms with Crippen molar-refractivity contribution in [2.45, 2.75) is 32.6 Å². The quantitative estimate of drug-likeness (QED) is 0.743. The van der Waals surface area contributed by atoms with Crippen LogP contribution in [0.25, 0.3) is 0 Å². The summed E-state index contributed by atoms with van der Waals surface area (Å²) in [4.78, 5) is 11.2. The number of ketones is 1. The highest BCUT2D eigenvalue weighted by Crippen LogP contribution is 2.20. The molecule has 1 atom stereocenters. The summed E-state index contributed by atoms with van der Waals surface area (Å²) in [5.74, 6) is 0.609. The third-order valence-corrected chi connectivity index (χ3v) is 2.43. The Labute approximate surface area is 85.1 Å². The first-order valence-electron chi connectivity index (χ1n) is 5.00. The van der Waals surface area contributed by atoms with Crippen LogP contribution in [0.15, 0.2) is 24.3 Å². The zero-order chi connectivity index (χ0) is 10.6. The molecule has 0 amide bonds. The largest absolute Gasteiger partial charge is 0.399 e. The Kier molecular flexibility index (Phi) is 3.69. The molecule has 2 N–H and O–H groups in total. The lowest BCUT2D eigenvalue weighted by Crippen LogP contribution is -2.02. The number of nitrogens with two attached hydrogens (primary N) is 1. The second-order valence-corrected chi connectivity index (χ2v) is 3.66. The summed E-state index contributed by atoms with van der Waals surface area (Å²) in [7, 11) is 0. The fourth-order valence-electron chi connectivity index (χ4n) is 1.43. The van der Waals surface area contributed by atoms with Gasteiger partial charge in [-0.15, -0.1) is 0 Å². The van der Waals surface area contributed by atoms with Gasteiger partial charge >= 0.3 is 0 Å². The van der Waals surface area contributed by atoms with Crippen molar-refractivity contribution in [2.75, 3.05) is 5.73 Å². The first-order chi connectivity index (χ1) is 6.63. The van der Waals surface area contributed by atoms with Crippen LogP contribution in [0.2, 0.25) is 0 Å². The molecule has 0 radical (unpaired) electrons. The Balaban J connectivity index is 2.65. The molecule has 14 heavy (non-hydrogen) atoms. The molecule has 2 heteroatoms. The van der Waals surface area contributed by atoms with Crippen LogP contribution in [0.5, 0.6) is 0 Å². The van der Waals surface area contributed by atoms with Crippen LogP contribution in [-0.4, -0.2) is 5.78 Å². The van der Waals surface area contributed by atoms with Gasteiger partial charge in [0.2, 0.25) is 0 Å². The van der Waals surface area contributed by atoms with E-state index in [2.05, 4.69) is 6.92 Å². The molecule has 1 aromatic rings. The molecule has 1 unspecified atom stereocenters. The number of nitrogen functional groups attached to an aromatic ring is 1. The number of Topliss-reactive ketones (excluding diaryl/α,β-unsaturated/α-hetero) is 1. The van der Waals surface area contributed by atoms with Crippen molar-refractivity contribution in [3.05, 3.63) is 29.8 Å². The summed E-state index contributed by atoms with van der Waals surface area (Å²) < 4.78 is 0. The molecule has 0 aliphatic rings. The molecular formula is C12H17NO. The van der Waals surface area contributed by atoms with Crippen LogP contribution in [0.1, 0.15) is 38.2 Å². The van der Waals surface area contributed by atoms with Crippen molar-refractivity contribution in [3.63, 3.8) is 0 Å². The second kappa shape index (κ2) is 4.80. The summed E-state index contributed by atoms with van der Waals surface area (Å²) in [5, 5.41) is 0. The molecule has 0 saturated heterocycles. The van der Waals surface area contributed by atoms with Gasteiger partial charge in [0.25, 0.3) is 0 Å². The Morgan fingerprint density at radius 2 is 1.93 bits per heavy atom. The van der Waals surface area contributed by atoms with Crippen LogP contribution in [-0.2, 0) is 4.79 Å². The Bertz CT molecular complexity index is 303. The zero-order valence-electron chi connectivity index (χ0n) is 8.79. The average Bonchev–Trinajstić information content (AvgIpc) is 2.18. The molecule has 0 aliphatic carbocycles. The van der Waals surface area contributed by atoms with E-state index in [1.54, 1.807) is 0 Å². The van der Waals surface area contributed by atoms with Crippen LogP contribution in [0.3, 0.4) is 0 Å². The number of carbonyl (C=O) groups is 1. The number of carbonyl (C=O) groups excluding carboxylic acids is 1. The predicted molar refractivity (Wildman–Crippen MR) is 59.2 cm³/mol. The van der Waals surface area contributed by atoms with Crippen molar-refractivity contribution in [2.24, 2.45) is 0 Å². The fourth-order valence-corrected chi connectivity index (χ4v) is 1.43. The van der Waals surface area contributed by atoms with E-state index in [0.717, 1.165) is 5.69 Å². The summed E-state index contributed by atoms with van der Waals surface area (Å²) in [6.07, 6.45) is 1.25. The van der Waals surface area contributed by atoms with Crippen molar-refractivity contribution >= 4 is 11.5 Å². The number of rotatable bonds is 4. The molecule has 0 spiro atoms. The number of hydrogen-bond donors (Lipinski definition) is 1. The van der Waals surface area contributed by atoms with Crippen molar-refractivity contribution < 1.29 is 4.79 Å². The molecule has 0 aromatic heterocycles. The Morgan fingerprint density at radius 1 is 1.36 bits per heavy atom. The average molecular weight is 191 g/mol. The lowest BCUT2D eigenvalue weighted by Gasteiger charge is -2.10. The van der Waals surface area contributed by atoms with Gasteiger partial charge in [-0.25, -0.2) is 0 Å². The van der Waals surface area contributed by atoms with Crippen LogP contribution in [0, 0.1) is 0 Å². The molecule has 0 fully saturated rings. The van der Waals surface area contributed by atoms with Crippen LogP contribution >= 0.6 is 0 Å². The highest BCUT2D eigenvalue weighted by molar-refractivity contribution is 5.78. The van der Waals surface area contributed by atoms with E-state index in [0.29, 0.717) is 24.5 Å². The first kappa shape index (κ1) is 10.8. The van der Waals surface area contributed by atoms with Gasteiger partial charge in [-0.1, -0.05) is 26.0 Å². The Morgan fingerprint density at radius 3 is 2.43 bits per heavy atom. The van der Waals surface area contributed by atoms with Gasteiger partial charge < -0.3 is 5.73 Å². The predicted octanol–water partition coefficient (Wildman–Crippen LogP) is 2.74. The van der Waals surface area contributed by atoms with Gasteiger partial charge in [0.15, 0.2) is 0 Å². The minimum Gasteiger partial charge on any atom is -0.399 e. The van der Waals surface area contributed by atoms with Crippen molar-refractivity contribution in [1.82, 2.24) is 0 Å². The van der Waals surface area contributed by atoms with Gasteiger partial charge in [0.1, 0.15) is 5.78 Å². The van der Waals surface area contributed by atoms with Gasteiger partial charge in [-0.3, -0.25) is 4.79 Å². The molecule has 1 aromatic carbocycles. The van der Waals surface area contributed by atoms with Crippen molar-refractivity contribution in [3.8, 4) is 0 Å². The fraction of sp³-hybridized carbons (Fsp3) is 0.417. The van der Waals surface area contributed by atoms with E-state index in [1.807, 2.05) is 31.2 Å². The van der Waals surface area contributed by atoms with E-state index < -0.39 is 0 Å². The maximum Gasteiger partial charge on any atom is 0.133 e. The van der Waals surface area contributed by atoms with Gasteiger partial charge in [-0.05, 0) is 23.6 Å². The maximum atomic E-state index is 11.2. The monoisotopic (exact) mass is 191 g/mol. The van der Waals surface area contributed by atoms with Crippen LogP contribution < -0.4 is 5.73 Å². The van der Waals surface area contributed by atoms with E-state index >= 15 is 0 Å². The summed E-state index contributed by atoms with van der Waals surface area (Å²) >= 11 is 0. The number of anilines is 1. The minimum absolute atomic E-state index is 0.294. The van der Waals surface area contributed by atoms with Gasteiger partial charge in [0, 0.05) is 18.5 Å². The highest BCUT2D eigenvalue weighted by atomic mass is 16.1. The van der Waals surface area contributed by atoms with Crippen LogP contribution in [0.4, 0.5) is 5.69 Å². The molecule has 76 valence electrons. The van der Waals surface area contributed by atoms with Crippen molar-refractivity contribution in [1.29, 1.82) is 0 Å². The third kappa shape index (κ3) is 2.87. The zero-order valence-corrected chi connectivity index (χ0v) is 8.79. The number of hydrogen-bond acceptors (Lipinski definition) is 2. The molecule has 0 heterocycles. The maximum absolute atomic E-state index is 11.2. The van der Waals surface area contributed by atoms with E-state index in [1.165, 1.54) is 5.56 Å². The molecule has 2 nitrogen and oxygen atoms in total. The summed E-state index contributed by atoms with van der Waals surface area (Å²) in [6, 6.07) is 7.73. The smallest absolute Gasteiger partial charge is 0.133 e. The third-order valence-electron chi connectivity index (χ3n) is 2.43.